The zero-order valence-corrected chi connectivity index (χ0v) is 6.86. The Bertz CT molecular complexity index is 437. The average Bonchev–Trinajstić information content (AvgIpc) is 2.67. The van der Waals surface area contributed by atoms with Gasteiger partial charge in [0.05, 0.1) is 0 Å². The Balaban J connectivity index is 2.43. The molecular formula is C10H7N3. The third-order valence-electron chi connectivity index (χ3n) is 1.82. The van der Waals surface area contributed by atoms with Crippen LogP contribution in [0.2, 0.25) is 0 Å². The third kappa shape index (κ3) is 1.42. The van der Waals surface area contributed by atoms with Crippen molar-refractivity contribution >= 4 is 0 Å². The minimum Gasteiger partial charge on any atom is -0.353 e. The normalized spacial score (nSPS) is 9.46. The van der Waals surface area contributed by atoms with Crippen LogP contribution in [0, 0.1) is 11.3 Å². The summed E-state index contributed by atoms with van der Waals surface area (Å²) in [7, 11) is 0. The Labute approximate surface area is 75.7 Å². The van der Waals surface area contributed by atoms with Crippen LogP contribution in [0.1, 0.15) is 5.69 Å². The van der Waals surface area contributed by atoms with E-state index < -0.39 is 0 Å². The van der Waals surface area contributed by atoms with Gasteiger partial charge in [-0.25, -0.2) is 0 Å². The van der Waals surface area contributed by atoms with Crippen molar-refractivity contribution in [3.05, 3.63) is 42.5 Å². The largest absolute Gasteiger partial charge is 0.353 e. The zero-order chi connectivity index (χ0) is 9.10. The lowest BCUT2D eigenvalue weighted by Gasteiger charge is -1.93. The first-order chi connectivity index (χ1) is 6.40. The van der Waals surface area contributed by atoms with E-state index in [9.17, 15) is 0 Å². The van der Waals surface area contributed by atoms with Gasteiger partial charge in [-0.3, -0.25) is 4.98 Å². The van der Waals surface area contributed by atoms with Gasteiger partial charge in [0.1, 0.15) is 11.8 Å². The molecular weight excluding hydrogens is 162 g/mol. The summed E-state index contributed by atoms with van der Waals surface area (Å²) >= 11 is 0. The zero-order valence-electron chi connectivity index (χ0n) is 6.86. The molecule has 0 fully saturated rings. The van der Waals surface area contributed by atoms with Crippen LogP contribution < -0.4 is 0 Å². The fraction of sp³-hybridized carbons (Fsp3) is 0. The van der Waals surface area contributed by atoms with Gasteiger partial charge in [0.25, 0.3) is 0 Å². The number of nitrogens with zero attached hydrogens (tertiary/aromatic N) is 2. The minimum absolute atomic E-state index is 0.576. The maximum Gasteiger partial charge on any atom is 0.118 e. The standard InChI is InChI=1S/C10H7N3/c11-6-10-5-9(7-13-10)8-1-3-12-4-2-8/h1-5,7,13H. The average molecular weight is 169 g/mol. The van der Waals surface area contributed by atoms with Gasteiger partial charge in [-0.2, -0.15) is 5.26 Å². The highest BCUT2D eigenvalue weighted by Gasteiger charge is 1.99. The van der Waals surface area contributed by atoms with Gasteiger partial charge >= 0.3 is 0 Å². The summed E-state index contributed by atoms with van der Waals surface area (Å²) in [5, 5.41) is 8.60. The predicted molar refractivity (Wildman–Crippen MR) is 48.7 cm³/mol. The number of pyridine rings is 1. The van der Waals surface area contributed by atoms with Crippen molar-refractivity contribution in [2.75, 3.05) is 0 Å². The molecule has 62 valence electrons. The molecule has 0 atom stereocenters. The summed E-state index contributed by atoms with van der Waals surface area (Å²) in [6.45, 7) is 0. The van der Waals surface area contributed by atoms with Crippen molar-refractivity contribution < 1.29 is 0 Å². The van der Waals surface area contributed by atoms with Crippen LogP contribution in [0.15, 0.2) is 36.8 Å². The number of aromatic nitrogens is 2. The molecule has 2 aromatic heterocycles. The van der Waals surface area contributed by atoms with E-state index in [1.54, 1.807) is 12.4 Å². The third-order valence-corrected chi connectivity index (χ3v) is 1.82. The van der Waals surface area contributed by atoms with Crippen LogP contribution in [0.5, 0.6) is 0 Å². The summed E-state index contributed by atoms with van der Waals surface area (Å²) in [5.41, 5.74) is 2.65. The van der Waals surface area contributed by atoms with Gasteiger partial charge < -0.3 is 4.98 Å². The highest BCUT2D eigenvalue weighted by molar-refractivity contribution is 5.63. The second-order valence-corrected chi connectivity index (χ2v) is 2.65. The molecule has 0 aromatic carbocycles. The van der Waals surface area contributed by atoms with E-state index in [0.717, 1.165) is 11.1 Å². The van der Waals surface area contributed by atoms with E-state index in [4.69, 9.17) is 5.26 Å². The van der Waals surface area contributed by atoms with E-state index in [-0.39, 0.29) is 0 Å². The predicted octanol–water partition coefficient (Wildman–Crippen LogP) is 1.95. The number of hydrogen-bond donors (Lipinski definition) is 1. The lowest BCUT2D eigenvalue weighted by Crippen LogP contribution is -1.73. The van der Waals surface area contributed by atoms with Crippen LogP contribution in [0.4, 0.5) is 0 Å². The SMILES string of the molecule is N#Cc1cc(-c2ccncc2)c[nH]1. The van der Waals surface area contributed by atoms with Gasteiger partial charge in [-0.15, -0.1) is 0 Å². The number of H-pyrrole nitrogens is 1. The molecule has 2 aromatic rings. The Morgan fingerprint density at radius 2 is 2.00 bits per heavy atom. The highest BCUT2D eigenvalue weighted by Crippen LogP contribution is 2.18. The van der Waals surface area contributed by atoms with Crippen LogP contribution in [0.25, 0.3) is 11.1 Å². The molecule has 3 nitrogen and oxygen atoms in total. The first-order valence-corrected chi connectivity index (χ1v) is 3.89. The summed E-state index contributed by atoms with van der Waals surface area (Å²) in [6.07, 6.45) is 5.27. The number of rotatable bonds is 1. The molecule has 0 saturated carbocycles. The molecule has 3 heteroatoms. The number of nitrogens with one attached hydrogen (secondary N) is 1. The molecule has 13 heavy (non-hydrogen) atoms. The van der Waals surface area contributed by atoms with Crippen LogP contribution in [-0.2, 0) is 0 Å². The van der Waals surface area contributed by atoms with E-state index in [1.807, 2.05) is 30.5 Å². The summed E-state index contributed by atoms with van der Waals surface area (Å²) < 4.78 is 0. The summed E-state index contributed by atoms with van der Waals surface area (Å²) in [6, 6.07) is 7.67. The van der Waals surface area contributed by atoms with Crippen molar-refractivity contribution in [3.63, 3.8) is 0 Å². The topological polar surface area (TPSA) is 52.5 Å². The Morgan fingerprint density at radius 3 is 2.62 bits per heavy atom. The molecule has 0 radical (unpaired) electrons. The van der Waals surface area contributed by atoms with E-state index in [0.29, 0.717) is 5.69 Å². The molecule has 2 heterocycles. The molecule has 0 amide bonds. The van der Waals surface area contributed by atoms with Gasteiger partial charge in [-0.1, -0.05) is 0 Å². The fourth-order valence-corrected chi connectivity index (χ4v) is 1.17. The number of hydrogen-bond acceptors (Lipinski definition) is 2. The maximum absolute atomic E-state index is 8.60. The lowest BCUT2D eigenvalue weighted by atomic mass is 10.1. The van der Waals surface area contributed by atoms with Crippen molar-refractivity contribution in [3.8, 4) is 17.2 Å². The molecule has 0 spiro atoms. The Morgan fingerprint density at radius 1 is 1.23 bits per heavy atom. The molecule has 0 aliphatic carbocycles. The number of nitriles is 1. The Kier molecular flexibility index (Phi) is 1.81. The number of aromatic amines is 1. The Hall–Kier alpha value is -2.08. The maximum atomic E-state index is 8.60. The quantitative estimate of drug-likeness (QED) is 0.709. The lowest BCUT2D eigenvalue weighted by molar-refractivity contribution is 1.32. The van der Waals surface area contributed by atoms with Crippen LogP contribution in [0.3, 0.4) is 0 Å². The van der Waals surface area contributed by atoms with Gasteiger partial charge in [0, 0.05) is 24.2 Å². The van der Waals surface area contributed by atoms with Crippen molar-refractivity contribution in [1.82, 2.24) is 9.97 Å². The van der Waals surface area contributed by atoms with Crippen LogP contribution >= 0.6 is 0 Å². The smallest absolute Gasteiger partial charge is 0.118 e. The molecule has 0 aliphatic rings. The van der Waals surface area contributed by atoms with Crippen molar-refractivity contribution in [2.45, 2.75) is 0 Å². The molecule has 0 aliphatic heterocycles. The van der Waals surface area contributed by atoms with Gasteiger partial charge in [0.15, 0.2) is 0 Å². The molecule has 0 unspecified atom stereocenters. The first-order valence-electron chi connectivity index (χ1n) is 3.89. The first kappa shape index (κ1) is 7.56. The second-order valence-electron chi connectivity index (χ2n) is 2.65. The van der Waals surface area contributed by atoms with Crippen molar-refractivity contribution in [2.24, 2.45) is 0 Å². The minimum atomic E-state index is 0.576. The monoisotopic (exact) mass is 169 g/mol. The van der Waals surface area contributed by atoms with Crippen molar-refractivity contribution in [1.29, 1.82) is 5.26 Å². The van der Waals surface area contributed by atoms with E-state index >= 15 is 0 Å². The van der Waals surface area contributed by atoms with E-state index in [2.05, 4.69) is 9.97 Å². The molecule has 0 saturated heterocycles. The summed E-state index contributed by atoms with van der Waals surface area (Å²) in [5.74, 6) is 0. The van der Waals surface area contributed by atoms with Gasteiger partial charge in [0.2, 0.25) is 0 Å². The second kappa shape index (κ2) is 3.11. The highest BCUT2D eigenvalue weighted by atomic mass is 14.7. The van der Waals surface area contributed by atoms with E-state index in [1.165, 1.54) is 0 Å². The molecule has 1 N–H and O–H groups in total. The summed E-state index contributed by atoms with van der Waals surface area (Å²) in [4.78, 5) is 6.80. The fourth-order valence-electron chi connectivity index (χ4n) is 1.17. The molecule has 2 rings (SSSR count). The molecule has 0 bridgehead atoms. The van der Waals surface area contributed by atoms with Gasteiger partial charge in [-0.05, 0) is 23.8 Å². The van der Waals surface area contributed by atoms with Crippen LogP contribution in [-0.4, -0.2) is 9.97 Å².